The summed E-state index contributed by atoms with van der Waals surface area (Å²) in [7, 11) is 7.12. The van der Waals surface area contributed by atoms with Crippen LogP contribution >= 0.6 is 0 Å². The van der Waals surface area contributed by atoms with Crippen molar-refractivity contribution in [2.75, 3.05) is 48.0 Å². The first kappa shape index (κ1) is 21.6. The number of methoxy groups -OCH3 is 2. The van der Waals surface area contributed by atoms with Crippen LogP contribution in [0.25, 0.3) is 0 Å². The third-order valence-corrected chi connectivity index (χ3v) is 4.40. The number of benzene rings is 2. The zero-order valence-electron chi connectivity index (χ0n) is 17.3. The molecule has 0 saturated carbocycles. The second kappa shape index (κ2) is 11.9. The van der Waals surface area contributed by atoms with Crippen molar-refractivity contribution >= 4 is 5.96 Å². The molecule has 0 aliphatic heterocycles. The molecule has 0 aliphatic carbocycles. The maximum absolute atomic E-state index is 5.71. The van der Waals surface area contributed by atoms with Gasteiger partial charge in [0.25, 0.3) is 0 Å². The van der Waals surface area contributed by atoms with Gasteiger partial charge >= 0.3 is 0 Å². The van der Waals surface area contributed by atoms with Crippen molar-refractivity contribution in [1.29, 1.82) is 0 Å². The fraction of sp³-hybridized carbons (Fsp3) is 0.409. The Bertz CT molecular complexity index is 735. The summed E-state index contributed by atoms with van der Waals surface area (Å²) in [5.74, 6) is 2.34. The summed E-state index contributed by atoms with van der Waals surface area (Å²) in [6.45, 7) is 2.79. The lowest BCUT2D eigenvalue weighted by molar-refractivity contribution is 0.125. The number of nitrogens with one attached hydrogen (secondary N) is 1. The highest BCUT2D eigenvalue weighted by atomic mass is 16.5. The van der Waals surface area contributed by atoms with Crippen LogP contribution in [0.5, 0.6) is 11.5 Å². The summed E-state index contributed by atoms with van der Waals surface area (Å²) in [6.07, 6.45) is 0.877. The molecule has 0 bridgehead atoms. The smallest absolute Gasteiger partial charge is 0.193 e. The zero-order valence-corrected chi connectivity index (χ0v) is 17.3. The van der Waals surface area contributed by atoms with Crippen LogP contribution in [0.3, 0.4) is 0 Å². The van der Waals surface area contributed by atoms with E-state index in [0.29, 0.717) is 19.8 Å². The molecule has 6 nitrogen and oxygen atoms in total. The van der Waals surface area contributed by atoms with Crippen LogP contribution < -0.4 is 14.8 Å². The van der Waals surface area contributed by atoms with E-state index in [0.717, 1.165) is 30.4 Å². The van der Waals surface area contributed by atoms with E-state index in [1.165, 1.54) is 11.1 Å². The Morgan fingerprint density at radius 1 is 1.00 bits per heavy atom. The predicted molar refractivity (Wildman–Crippen MR) is 113 cm³/mol. The largest absolute Gasteiger partial charge is 0.493 e. The Kier molecular flexibility index (Phi) is 9.15. The van der Waals surface area contributed by atoms with E-state index in [1.54, 1.807) is 21.3 Å². The Hall–Kier alpha value is -2.73. The van der Waals surface area contributed by atoms with E-state index >= 15 is 0 Å². The number of rotatable bonds is 10. The molecule has 0 aliphatic rings. The van der Waals surface area contributed by atoms with Crippen LogP contribution in [0.15, 0.2) is 53.5 Å². The minimum Gasteiger partial charge on any atom is -0.493 e. The van der Waals surface area contributed by atoms with Crippen molar-refractivity contribution in [1.82, 2.24) is 10.2 Å². The van der Waals surface area contributed by atoms with Gasteiger partial charge in [-0.3, -0.25) is 4.99 Å². The molecule has 0 aromatic heterocycles. The summed E-state index contributed by atoms with van der Waals surface area (Å²) in [4.78, 5) is 6.45. The lowest BCUT2D eigenvalue weighted by Gasteiger charge is -2.22. The van der Waals surface area contributed by atoms with E-state index in [9.17, 15) is 0 Å². The molecule has 152 valence electrons. The summed E-state index contributed by atoms with van der Waals surface area (Å²) in [6, 6.07) is 16.2. The molecule has 0 unspecified atom stereocenters. The number of hydrogen-bond donors (Lipinski definition) is 1. The Morgan fingerprint density at radius 3 is 2.43 bits per heavy atom. The third kappa shape index (κ3) is 6.78. The molecule has 0 spiro atoms. The summed E-state index contributed by atoms with van der Waals surface area (Å²) in [5.41, 5.74) is 2.37. The van der Waals surface area contributed by atoms with Gasteiger partial charge in [0.1, 0.15) is 0 Å². The van der Waals surface area contributed by atoms with Crippen LogP contribution in [-0.2, 0) is 17.8 Å². The quantitative estimate of drug-likeness (QED) is 0.387. The Balaban J connectivity index is 1.73. The van der Waals surface area contributed by atoms with E-state index < -0.39 is 0 Å². The van der Waals surface area contributed by atoms with Crippen molar-refractivity contribution < 1.29 is 14.2 Å². The van der Waals surface area contributed by atoms with Gasteiger partial charge in [0, 0.05) is 27.2 Å². The van der Waals surface area contributed by atoms with Crippen molar-refractivity contribution in [2.45, 2.75) is 13.0 Å². The molecule has 2 aromatic carbocycles. The average Bonchev–Trinajstić information content (AvgIpc) is 2.75. The highest BCUT2D eigenvalue weighted by molar-refractivity contribution is 5.79. The normalized spacial score (nSPS) is 11.2. The fourth-order valence-corrected chi connectivity index (χ4v) is 2.82. The van der Waals surface area contributed by atoms with E-state index in [-0.39, 0.29) is 0 Å². The first-order chi connectivity index (χ1) is 13.7. The second-order valence-electron chi connectivity index (χ2n) is 6.37. The Labute approximate surface area is 168 Å². The maximum Gasteiger partial charge on any atom is 0.193 e. The third-order valence-electron chi connectivity index (χ3n) is 4.40. The number of likely N-dealkylation sites (N-methyl/N-ethyl adjacent to an activating group) is 1. The second-order valence-corrected chi connectivity index (χ2v) is 6.37. The van der Waals surface area contributed by atoms with Gasteiger partial charge in [-0.15, -0.1) is 0 Å². The van der Waals surface area contributed by atoms with Crippen molar-refractivity contribution in [3.8, 4) is 11.5 Å². The highest BCUT2D eigenvalue weighted by Gasteiger charge is 2.08. The summed E-state index contributed by atoms with van der Waals surface area (Å²) in [5, 5.41) is 3.34. The standard InChI is InChI=1S/C22H31N3O3/c1-23-22(24-13-15-28-17-19-8-6-5-7-9-19)25(2)14-12-18-10-11-20(26-3)21(16-18)27-4/h5-11,16H,12-15,17H2,1-4H3,(H,23,24). The average molecular weight is 386 g/mol. The number of nitrogens with zero attached hydrogens (tertiary/aromatic N) is 2. The van der Waals surface area contributed by atoms with Gasteiger partial charge in [-0.1, -0.05) is 36.4 Å². The number of guanidine groups is 1. The topological polar surface area (TPSA) is 55.3 Å². The van der Waals surface area contributed by atoms with Gasteiger partial charge in [0.15, 0.2) is 17.5 Å². The van der Waals surface area contributed by atoms with Gasteiger partial charge in [0.05, 0.1) is 27.4 Å². The SMILES string of the molecule is CN=C(NCCOCc1ccccc1)N(C)CCc1ccc(OC)c(OC)c1. The van der Waals surface area contributed by atoms with Gasteiger partial charge in [-0.25, -0.2) is 0 Å². The summed E-state index contributed by atoms with van der Waals surface area (Å²) >= 11 is 0. The van der Waals surface area contributed by atoms with E-state index in [1.807, 2.05) is 37.4 Å². The van der Waals surface area contributed by atoms with Crippen molar-refractivity contribution in [3.63, 3.8) is 0 Å². The molecular formula is C22H31N3O3. The van der Waals surface area contributed by atoms with Gasteiger partial charge < -0.3 is 24.4 Å². The van der Waals surface area contributed by atoms with E-state index in [2.05, 4.69) is 33.4 Å². The molecule has 6 heteroatoms. The zero-order chi connectivity index (χ0) is 20.2. The van der Waals surface area contributed by atoms with Crippen LogP contribution in [0, 0.1) is 0 Å². The maximum atomic E-state index is 5.71. The van der Waals surface area contributed by atoms with Crippen LogP contribution in [0.1, 0.15) is 11.1 Å². The molecule has 0 amide bonds. The monoisotopic (exact) mass is 385 g/mol. The first-order valence-electron chi connectivity index (χ1n) is 9.42. The number of hydrogen-bond acceptors (Lipinski definition) is 4. The Morgan fingerprint density at radius 2 is 1.75 bits per heavy atom. The minimum absolute atomic E-state index is 0.621. The van der Waals surface area contributed by atoms with Gasteiger partial charge in [-0.05, 0) is 29.7 Å². The molecule has 1 N–H and O–H groups in total. The first-order valence-corrected chi connectivity index (χ1v) is 9.42. The molecule has 28 heavy (non-hydrogen) atoms. The van der Waals surface area contributed by atoms with Gasteiger partial charge in [-0.2, -0.15) is 0 Å². The van der Waals surface area contributed by atoms with Crippen LogP contribution in [0.4, 0.5) is 0 Å². The molecule has 2 rings (SSSR count). The molecule has 0 atom stereocenters. The minimum atomic E-state index is 0.621. The molecule has 0 fully saturated rings. The molecule has 0 radical (unpaired) electrons. The number of ether oxygens (including phenoxy) is 3. The molecular weight excluding hydrogens is 354 g/mol. The lowest BCUT2D eigenvalue weighted by atomic mass is 10.1. The summed E-state index contributed by atoms with van der Waals surface area (Å²) < 4.78 is 16.4. The predicted octanol–water partition coefficient (Wildman–Crippen LogP) is 2.97. The molecule has 0 saturated heterocycles. The van der Waals surface area contributed by atoms with Crippen molar-refractivity contribution in [2.24, 2.45) is 4.99 Å². The van der Waals surface area contributed by atoms with Gasteiger partial charge in [0.2, 0.25) is 0 Å². The highest BCUT2D eigenvalue weighted by Crippen LogP contribution is 2.27. The fourth-order valence-electron chi connectivity index (χ4n) is 2.82. The van der Waals surface area contributed by atoms with Crippen LogP contribution in [0.2, 0.25) is 0 Å². The number of aliphatic imine (C=N–C) groups is 1. The lowest BCUT2D eigenvalue weighted by Crippen LogP contribution is -2.41. The van der Waals surface area contributed by atoms with Crippen molar-refractivity contribution in [3.05, 3.63) is 59.7 Å². The van der Waals surface area contributed by atoms with E-state index in [4.69, 9.17) is 14.2 Å². The molecule has 0 heterocycles. The van der Waals surface area contributed by atoms with Crippen LogP contribution in [-0.4, -0.2) is 58.9 Å². The molecule has 2 aromatic rings.